The topological polar surface area (TPSA) is 18.5 Å². The van der Waals surface area contributed by atoms with Gasteiger partial charge in [0.15, 0.2) is 8.32 Å². The molecule has 0 N–H and O–H groups in total. The Balaban J connectivity index is 2.46. The van der Waals surface area contributed by atoms with E-state index in [9.17, 15) is 0 Å². The molecule has 152 valence electrons. The third kappa shape index (κ3) is 5.82. The van der Waals surface area contributed by atoms with E-state index < -0.39 is 16.6 Å². The summed E-state index contributed by atoms with van der Waals surface area (Å²) in [6, 6.07) is 10.9. The monoisotopic (exact) mass is 404 g/mol. The van der Waals surface area contributed by atoms with Crippen LogP contribution in [0.3, 0.4) is 0 Å². The number of allylic oxidation sites excluding steroid dienone is 1. The molecular formula is C23H40O2Si2. The minimum absolute atomic E-state index is 0.182. The maximum Gasteiger partial charge on any atom is 0.241 e. The fourth-order valence-electron chi connectivity index (χ4n) is 3.72. The van der Waals surface area contributed by atoms with Crippen LogP contribution in [0.15, 0.2) is 41.7 Å². The van der Waals surface area contributed by atoms with Gasteiger partial charge in [-0.05, 0) is 69.5 Å². The normalized spacial score (nSPS) is 23.9. The molecule has 0 aromatic heterocycles. The van der Waals surface area contributed by atoms with Crippen molar-refractivity contribution in [3.05, 3.63) is 47.2 Å². The summed E-state index contributed by atoms with van der Waals surface area (Å²) in [7, 11) is -3.51. The highest BCUT2D eigenvalue weighted by molar-refractivity contribution is 6.74. The van der Waals surface area contributed by atoms with Crippen molar-refractivity contribution in [3.8, 4) is 0 Å². The maximum atomic E-state index is 6.96. The van der Waals surface area contributed by atoms with Gasteiger partial charge in [0, 0.05) is 11.5 Å². The Morgan fingerprint density at radius 2 is 1.56 bits per heavy atom. The molecule has 1 aliphatic rings. The van der Waals surface area contributed by atoms with Crippen LogP contribution in [0.1, 0.15) is 58.4 Å². The highest BCUT2D eigenvalue weighted by Crippen LogP contribution is 2.45. The number of hydrogen-bond donors (Lipinski definition) is 0. The minimum atomic E-state index is -1.85. The molecule has 1 saturated carbocycles. The Bertz CT molecular complexity index is 651. The lowest BCUT2D eigenvalue weighted by Crippen LogP contribution is -2.46. The summed E-state index contributed by atoms with van der Waals surface area (Å²) in [5.74, 6) is 1.53. The lowest BCUT2D eigenvalue weighted by atomic mass is 9.77. The van der Waals surface area contributed by atoms with Gasteiger partial charge in [0.1, 0.15) is 0 Å². The Morgan fingerprint density at radius 3 is 2.07 bits per heavy atom. The van der Waals surface area contributed by atoms with Crippen LogP contribution in [0, 0.1) is 0 Å². The predicted molar refractivity (Wildman–Crippen MR) is 122 cm³/mol. The van der Waals surface area contributed by atoms with E-state index >= 15 is 0 Å². The SMILES string of the molecule is C/C(O[Si](C)(C)C)=C1/[C@H](c2ccccc2)CCC[C@H]1O[Si](C)(C)C(C)(C)C. The van der Waals surface area contributed by atoms with Crippen molar-refractivity contribution in [3.63, 3.8) is 0 Å². The summed E-state index contributed by atoms with van der Waals surface area (Å²) in [5, 5.41) is 0.214. The van der Waals surface area contributed by atoms with E-state index in [-0.39, 0.29) is 11.1 Å². The van der Waals surface area contributed by atoms with E-state index in [0.29, 0.717) is 5.92 Å². The number of rotatable bonds is 5. The van der Waals surface area contributed by atoms with Crippen LogP contribution in [-0.4, -0.2) is 22.7 Å². The third-order valence-electron chi connectivity index (χ3n) is 5.99. The Labute approximate surface area is 169 Å². The van der Waals surface area contributed by atoms with Gasteiger partial charge in [-0.2, -0.15) is 0 Å². The molecule has 2 nitrogen and oxygen atoms in total. The molecule has 0 amide bonds. The van der Waals surface area contributed by atoms with Crippen LogP contribution in [0.5, 0.6) is 0 Å². The lowest BCUT2D eigenvalue weighted by Gasteiger charge is -2.43. The highest BCUT2D eigenvalue weighted by atomic mass is 28.4. The van der Waals surface area contributed by atoms with Crippen molar-refractivity contribution in [2.75, 3.05) is 0 Å². The first-order valence-corrected chi connectivity index (χ1v) is 16.8. The fraction of sp³-hybridized carbons (Fsp3) is 0.652. The van der Waals surface area contributed by atoms with Crippen LogP contribution < -0.4 is 0 Å². The lowest BCUT2D eigenvalue weighted by molar-refractivity contribution is 0.169. The summed E-state index contributed by atoms with van der Waals surface area (Å²) < 4.78 is 13.5. The van der Waals surface area contributed by atoms with Crippen molar-refractivity contribution in [2.24, 2.45) is 0 Å². The van der Waals surface area contributed by atoms with Crippen molar-refractivity contribution < 1.29 is 8.85 Å². The molecule has 2 atom stereocenters. The van der Waals surface area contributed by atoms with Crippen LogP contribution >= 0.6 is 0 Å². The highest BCUT2D eigenvalue weighted by Gasteiger charge is 2.42. The largest absolute Gasteiger partial charge is 0.547 e. The van der Waals surface area contributed by atoms with Gasteiger partial charge in [-0.25, -0.2) is 0 Å². The van der Waals surface area contributed by atoms with E-state index in [1.165, 1.54) is 24.0 Å². The first kappa shape index (κ1) is 22.4. The Hall–Kier alpha value is -0.846. The Morgan fingerprint density at radius 1 is 0.963 bits per heavy atom. The van der Waals surface area contributed by atoms with E-state index in [0.717, 1.165) is 12.2 Å². The smallest absolute Gasteiger partial charge is 0.241 e. The van der Waals surface area contributed by atoms with Gasteiger partial charge in [-0.1, -0.05) is 51.1 Å². The van der Waals surface area contributed by atoms with Crippen LogP contribution in [0.2, 0.25) is 37.8 Å². The number of benzene rings is 1. The van der Waals surface area contributed by atoms with Crippen molar-refractivity contribution in [2.45, 2.75) is 96.8 Å². The second-order valence-electron chi connectivity index (χ2n) is 10.5. The molecular weight excluding hydrogens is 364 g/mol. The molecule has 0 radical (unpaired) electrons. The summed E-state index contributed by atoms with van der Waals surface area (Å²) in [4.78, 5) is 0. The average Bonchev–Trinajstić information content (AvgIpc) is 2.52. The molecule has 27 heavy (non-hydrogen) atoms. The second kappa shape index (κ2) is 8.26. The van der Waals surface area contributed by atoms with E-state index in [1.54, 1.807) is 0 Å². The van der Waals surface area contributed by atoms with E-state index in [2.05, 4.69) is 90.8 Å². The molecule has 0 heterocycles. The van der Waals surface area contributed by atoms with Gasteiger partial charge < -0.3 is 8.85 Å². The molecule has 0 saturated heterocycles. The van der Waals surface area contributed by atoms with Gasteiger partial charge in [-0.3, -0.25) is 0 Å². The molecule has 1 aromatic rings. The maximum absolute atomic E-state index is 6.96. The van der Waals surface area contributed by atoms with Gasteiger partial charge in [0.2, 0.25) is 8.32 Å². The van der Waals surface area contributed by atoms with Gasteiger partial charge >= 0.3 is 0 Å². The molecule has 1 aliphatic carbocycles. The van der Waals surface area contributed by atoms with Crippen molar-refractivity contribution in [1.29, 1.82) is 0 Å². The fourth-order valence-corrected chi connectivity index (χ4v) is 6.07. The van der Waals surface area contributed by atoms with Gasteiger partial charge in [-0.15, -0.1) is 0 Å². The summed E-state index contributed by atoms with van der Waals surface area (Å²) in [6.07, 6.45) is 3.68. The van der Waals surface area contributed by atoms with Crippen LogP contribution in [0.4, 0.5) is 0 Å². The van der Waals surface area contributed by atoms with Crippen LogP contribution in [0.25, 0.3) is 0 Å². The molecule has 4 heteroatoms. The Kier molecular flexibility index (Phi) is 6.86. The second-order valence-corrected chi connectivity index (χ2v) is 19.7. The molecule has 2 rings (SSSR count). The molecule has 0 aliphatic heterocycles. The van der Waals surface area contributed by atoms with Crippen LogP contribution in [-0.2, 0) is 8.85 Å². The third-order valence-corrected chi connectivity index (χ3v) is 11.4. The molecule has 0 bridgehead atoms. The quantitative estimate of drug-likeness (QED) is 0.374. The zero-order chi connectivity index (χ0) is 20.5. The first-order chi connectivity index (χ1) is 12.3. The average molecular weight is 405 g/mol. The summed E-state index contributed by atoms with van der Waals surface area (Å²) >= 11 is 0. The predicted octanol–water partition coefficient (Wildman–Crippen LogP) is 7.47. The molecule has 1 aromatic carbocycles. The molecule has 0 spiro atoms. The molecule has 0 unspecified atom stereocenters. The first-order valence-electron chi connectivity index (χ1n) is 10.4. The van der Waals surface area contributed by atoms with Gasteiger partial charge in [0.25, 0.3) is 0 Å². The molecule has 1 fully saturated rings. The zero-order valence-corrected chi connectivity index (χ0v) is 21.0. The summed E-state index contributed by atoms with van der Waals surface area (Å²) in [6.45, 7) is 20.7. The van der Waals surface area contributed by atoms with Crippen molar-refractivity contribution >= 4 is 16.6 Å². The van der Waals surface area contributed by atoms with E-state index in [4.69, 9.17) is 8.85 Å². The van der Waals surface area contributed by atoms with Crippen molar-refractivity contribution in [1.82, 2.24) is 0 Å². The minimum Gasteiger partial charge on any atom is -0.547 e. The standard InChI is InChI=1S/C23H40O2Si2/c1-18(24-26(5,6)7)22-20(19-14-11-10-12-15-19)16-13-17-21(22)25-27(8,9)23(2,3)4/h10-12,14-15,20-21H,13,16-17H2,1-9H3/b22-18+/t20-,21+/m0/s1. The summed E-state index contributed by atoms with van der Waals surface area (Å²) in [5.41, 5.74) is 2.80. The van der Waals surface area contributed by atoms with E-state index in [1.807, 2.05) is 0 Å². The number of hydrogen-bond acceptors (Lipinski definition) is 2. The zero-order valence-electron chi connectivity index (χ0n) is 19.0. The van der Waals surface area contributed by atoms with Gasteiger partial charge in [0.05, 0.1) is 11.9 Å².